The summed E-state index contributed by atoms with van der Waals surface area (Å²) in [5.41, 5.74) is 0.793. The van der Waals surface area contributed by atoms with Crippen molar-refractivity contribution in [1.29, 1.82) is 0 Å². The molecule has 1 fully saturated rings. The van der Waals surface area contributed by atoms with E-state index in [1.54, 1.807) is 0 Å². The van der Waals surface area contributed by atoms with Crippen molar-refractivity contribution >= 4 is 11.9 Å². The number of fused-ring (bicyclic) bond motifs is 1. The molecule has 0 spiro atoms. The number of carbonyl (C=O) groups is 2. The summed E-state index contributed by atoms with van der Waals surface area (Å²) >= 11 is 0. The van der Waals surface area contributed by atoms with Crippen LogP contribution in [-0.4, -0.2) is 35.4 Å². The molecule has 1 heterocycles. The fourth-order valence-electron chi connectivity index (χ4n) is 5.25. The molecule has 7 atom stereocenters. The molecule has 31 heavy (non-hydrogen) atoms. The number of cyclic esters (lactones) is 1. The third kappa shape index (κ3) is 6.00. The van der Waals surface area contributed by atoms with Crippen molar-refractivity contribution in [1.82, 2.24) is 0 Å². The summed E-state index contributed by atoms with van der Waals surface area (Å²) < 4.78 is 11.7. The number of ether oxygens (including phenoxy) is 2. The predicted octanol–water partition coefficient (Wildman–Crippen LogP) is 4.98. The fourth-order valence-corrected chi connectivity index (χ4v) is 5.25. The Morgan fingerprint density at radius 1 is 1.19 bits per heavy atom. The van der Waals surface area contributed by atoms with Gasteiger partial charge in [-0.25, -0.2) is 0 Å². The van der Waals surface area contributed by atoms with Gasteiger partial charge >= 0.3 is 11.9 Å². The lowest BCUT2D eigenvalue weighted by molar-refractivity contribution is -0.165. The zero-order valence-electron chi connectivity index (χ0n) is 19.8. The van der Waals surface area contributed by atoms with Crippen LogP contribution in [0.2, 0.25) is 0 Å². The first-order valence-corrected chi connectivity index (χ1v) is 12.1. The molecule has 0 radical (unpaired) electrons. The highest BCUT2D eigenvalue weighted by molar-refractivity contribution is 5.76. The quantitative estimate of drug-likeness (QED) is 0.600. The van der Waals surface area contributed by atoms with E-state index < -0.39 is 11.5 Å². The van der Waals surface area contributed by atoms with E-state index >= 15 is 0 Å². The van der Waals surface area contributed by atoms with E-state index in [-0.39, 0.29) is 36.5 Å². The summed E-state index contributed by atoms with van der Waals surface area (Å²) in [6.45, 7) is 10.3. The summed E-state index contributed by atoms with van der Waals surface area (Å²) in [5.74, 6) is 0.886. The van der Waals surface area contributed by atoms with Crippen LogP contribution in [0.25, 0.3) is 0 Å². The Kier molecular flexibility index (Phi) is 7.67. The summed E-state index contributed by atoms with van der Waals surface area (Å²) in [5, 5.41) is 9.95. The van der Waals surface area contributed by atoms with Crippen molar-refractivity contribution < 1.29 is 24.2 Å². The highest BCUT2D eigenvalue weighted by Gasteiger charge is 2.41. The average Bonchev–Trinajstić information content (AvgIpc) is 2.84. The number of rotatable bonds is 6. The lowest BCUT2D eigenvalue weighted by atomic mass is 9.71. The second-order valence-corrected chi connectivity index (χ2v) is 10.7. The Bertz CT molecular complexity index is 721. The molecule has 2 aliphatic carbocycles. The minimum absolute atomic E-state index is 0.0967. The minimum atomic E-state index is -0.600. The Morgan fingerprint density at radius 3 is 2.61 bits per heavy atom. The summed E-state index contributed by atoms with van der Waals surface area (Å²) in [7, 11) is 0. The average molecular weight is 433 g/mol. The molecule has 5 unspecified atom stereocenters. The molecule has 1 saturated heterocycles. The van der Waals surface area contributed by atoms with Crippen molar-refractivity contribution in [2.75, 3.05) is 0 Å². The molecule has 0 saturated carbocycles. The summed E-state index contributed by atoms with van der Waals surface area (Å²) in [6, 6.07) is 0. The molecule has 1 aliphatic heterocycles. The van der Waals surface area contributed by atoms with Crippen LogP contribution < -0.4 is 0 Å². The molecule has 3 aliphatic rings. The van der Waals surface area contributed by atoms with Gasteiger partial charge in [0.15, 0.2) is 0 Å². The van der Waals surface area contributed by atoms with Gasteiger partial charge in [0, 0.05) is 12.3 Å². The topological polar surface area (TPSA) is 72.8 Å². The number of allylic oxidation sites excluding steroid dienone is 3. The van der Waals surface area contributed by atoms with Gasteiger partial charge in [-0.15, -0.1) is 0 Å². The molecule has 3 rings (SSSR count). The third-order valence-corrected chi connectivity index (χ3v) is 7.46. The monoisotopic (exact) mass is 432 g/mol. The van der Waals surface area contributed by atoms with E-state index in [4.69, 9.17) is 9.47 Å². The van der Waals surface area contributed by atoms with Crippen LogP contribution in [-0.2, 0) is 19.1 Å². The second-order valence-electron chi connectivity index (χ2n) is 10.7. The summed E-state index contributed by atoms with van der Waals surface area (Å²) in [6.07, 6.45) is 10.7. The van der Waals surface area contributed by atoms with Crippen molar-refractivity contribution in [3.05, 3.63) is 23.8 Å². The van der Waals surface area contributed by atoms with Crippen molar-refractivity contribution in [2.24, 2.45) is 29.1 Å². The maximum atomic E-state index is 12.9. The number of aliphatic hydroxyl groups is 1. The molecule has 0 amide bonds. The minimum Gasteiger partial charge on any atom is -0.462 e. The van der Waals surface area contributed by atoms with E-state index in [1.807, 2.05) is 20.8 Å². The smallest absolute Gasteiger partial charge is 0.311 e. The van der Waals surface area contributed by atoms with E-state index in [2.05, 4.69) is 32.1 Å². The maximum Gasteiger partial charge on any atom is 0.311 e. The first-order chi connectivity index (χ1) is 14.6. The number of carbonyl (C=O) groups excluding carboxylic acids is 2. The van der Waals surface area contributed by atoms with Gasteiger partial charge in [0.1, 0.15) is 12.2 Å². The standard InChI is InChI=1S/C26H40O5/c1-6-26(4,5)25(29)31-22-13-17(3)12-18-8-7-16(2)11-19(24(18)22)9-10-21-14-20(27)15-23(28)30-21/h7-8,12,16-17,19-22,24,27H,6,9-11,13-15H2,1-5H3/t16?,17?,19?,20?,21-,22?,24+/m1/s1. The SMILES string of the molecule is CCC(C)(C)C(=O)OC1CC(C)C=C2C=CC(C)CC(CC[C@@H]3CC(O)CC(=O)O3)[C@H]21. The van der Waals surface area contributed by atoms with Gasteiger partial charge in [-0.1, -0.05) is 39.0 Å². The van der Waals surface area contributed by atoms with Gasteiger partial charge in [-0.3, -0.25) is 9.59 Å². The highest BCUT2D eigenvalue weighted by atomic mass is 16.6. The number of hydrogen-bond acceptors (Lipinski definition) is 5. The van der Waals surface area contributed by atoms with Gasteiger partial charge < -0.3 is 14.6 Å². The molecule has 0 aromatic heterocycles. The van der Waals surface area contributed by atoms with E-state index in [9.17, 15) is 14.7 Å². The third-order valence-electron chi connectivity index (χ3n) is 7.46. The number of hydrogen-bond donors (Lipinski definition) is 1. The zero-order chi connectivity index (χ0) is 22.8. The highest BCUT2D eigenvalue weighted by Crippen LogP contribution is 2.44. The molecular weight excluding hydrogens is 392 g/mol. The van der Waals surface area contributed by atoms with E-state index in [1.165, 1.54) is 5.57 Å². The lowest BCUT2D eigenvalue weighted by Gasteiger charge is -2.40. The van der Waals surface area contributed by atoms with Crippen LogP contribution in [0.1, 0.15) is 79.6 Å². The van der Waals surface area contributed by atoms with Gasteiger partial charge in [-0.2, -0.15) is 0 Å². The molecule has 174 valence electrons. The van der Waals surface area contributed by atoms with E-state index in [0.29, 0.717) is 24.2 Å². The van der Waals surface area contributed by atoms with Crippen LogP contribution >= 0.6 is 0 Å². The molecule has 0 aromatic rings. The van der Waals surface area contributed by atoms with Gasteiger partial charge in [-0.05, 0) is 69.3 Å². The molecule has 1 N–H and O–H groups in total. The number of esters is 2. The van der Waals surface area contributed by atoms with Crippen LogP contribution in [0.15, 0.2) is 23.8 Å². The van der Waals surface area contributed by atoms with Gasteiger partial charge in [0.2, 0.25) is 0 Å². The Morgan fingerprint density at radius 2 is 1.94 bits per heavy atom. The Hall–Kier alpha value is -1.62. The number of aliphatic hydroxyl groups excluding tert-OH is 1. The molecule has 0 aromatic carbocycles. The molecule has 5 nitrogen and oxygen atoms in total. The van der Waals surface area contributed by atoms with Crippen LogP contribution in [0, 0.1) is 29.1 Å². The summed E-state index contributed by atoms with van der Waals surface area (Å²) in [4.78, 5) is 24.7. The predicted molar refractivity (Wildman–Crippen MR) is 120 cm³/mol. The van der Waals surface area contributed by atoms with Crippen molar-refractivity contribution in [3.63, 3.8) is 0 Å². The first kappa shape index (κ1) is 24.0. The first-order valence-electron chi connectivity index (χ1n) is 12.1. The Labute approximate surface area is 187 Å². The molecular formula is C26H40O5. The van der Waals surface area contributed by atoms with Crippen LogP contribution in [0.3, 0.4) is 0 Å². The Balaban J connectivity index is 1.79. The van der Waals surface area contributed by atoms with Crippen LogP contribution in [0.5, 0.6) is 0 Å². The normalized spacial score (nSPS) is 36.1. The van der Waals surface area contributed by atoms with Gasteiger partial charge in [0.25, 0.3) is 0 Å². The van der Waals surface area contributed by atoms with Crippen LogP contribution in [0.4, 0.5) is 0 Å². The van der Waals surface area contributed by atoms with Gasteiger partial charge in [0.05, 0.1) is 17.9 Å². The van der Waals surface area contributed by atoms with Crippen molar-refractivity contribution in [2.45, 2.75) is 97.9 Å². The maximum absolute atomic E-state index is 12.9. The largest absolute Gasteiger partial charge is 0.462 e. The van der Waals surface area contributed by atoms with E-state index in [0.717, 1.165) is 32.1 Å². The zero-order valence-corrected chi connectivity index (χ0v) is 19.8. The fraction of sp³-hybridized carbons (Fsp3) is 0.769. The second kappa shape index (κ2) is 9.89. The molecule has 0 bridgehead atoms. The lowest BCUT2D eigenvalue weighted by Crippen LogP contribution is -2.40. The molecule has 5 heteroatoms. The van der Waals surface area contributed by atoms with Crippen molar-refractivity contribution in [3.8, 4) is 0 Å².